The van der Waals surface area contributed by atoms with E-state index in [1.54, 1.807) is 18.3 Å². The van der Waals surface area contributed by atoms with Gasteiger partial charge in [0.05, 0.1) is 12.6 Å². The van der Waals surface area contributed by atoms with Crippen LogP contribution in [0, 0.1) is 0 Å². The Hall–Kier alpha value is -1.17. The summed E-state index contributed by atoms with van der Waals surface area (Å²) in [4.78, 5) is 4.18. The van der Waals surface area contributed by atoms with E-state index in [-0.39, 0.29) is 12.6 Å². The first-order chi connectivity index (χ1) is 9.45. The number of aromatic nitrogens is 1. The predicted molar refractivity (Wildman–Crippen MR) is 84.9 cm³/mol. The first kappa shape index (κ1) is 16.9. The van der Waals surface area contributed by atoms with E-state index in [0.717, 1.165) is 27.1 Å². The van der Waals surface area contributed by atoms with Crippen molar-refractivity contribution >= 4 is 21.7 Å². The molecule has 0 bridgehead atoms. The van der Waals surface area contributed by atoms with E-state index in [4.69, 9.17) is 5.11 Å². The van der Waals surface area contributed by atoms with Gasteiger partial charge in [-0.25, -0.2) is 10.0 Å². The number of halogens is 1. The molecule has 0 fully saturated rings. The highest BCUT2D eigenvalue weighted by Gasteiger charge is 2.19. The molecule has 1 heterocycles. The topological polar surface area (TPSA) is 56.6 Å². The number of allylic oxidation sites excluding steroid dienone is 1. The number of hydrogen-bond donors (Lipinski definition) is 2. The Morgan fingerprint density at radius 3 is 2.70 bits per heavy atom. The molecule has 1 atom stereocenters. The van der Waals surface area contributed by atoms with E-state index in [1.807, 2.05) is 19.9 Å². The van der Waals surface area contributed by atoms with Crippen LogP contribution in [0.1, 0.15) is 26.7 Å². The molecule has 0 amide bonds. The maximum Gasteiger partial charge on any atom is 0.152 e. The molecule has 0 radical (unpaired) electrons. The average Bonchev–Trinajstić information content (AvgIpc) is 2.39. The molecule has 0 aromatic carbocycles. The van der Waals surface area contributed by atoms with Crippen molar-refractivity contribution in [1.82, 2.24) is 4.98 Å². The van der Waals surface area contributed by atoms with E-state index >= 15 is 0 Å². The largest absolute Gasteiger partial charge is 0.392 e. The summed E-state index contributed by atoms with van der Waals surface area (Å²) in [5, 5.41) is 20.3. The maximum absolute atomic E-state index is 10.3. The van der Waals surface area contributed by atoms with E-state index < -0.39 is 0 Å². The van der Waals surface area contributed by atoms with Gasteiger partial charge in [0.2, 0.25) is 0 Å². The summed E-state index contributed by atoms with van der Waals surface area (Å²) in [5.41, 5.74) is 1.96. The highest BCUT2D eigenvalue weighted by atomic mass is 79.9. The van der Waals surface area contributed by atoms with Gasteiger partial charge in [-0.3, -0.25) is 5.21 Å². The Morgan fingerprint density at radius 2 is 2.20 bits per heavy atom. The summed E-state index contributed by atoms with van der Waals surface area (Å²) in [5.74, 6) is 0.491. The lowest BCUT2D eigenvalue weighted by molar-refractivity contribution is 0.220. The van der Waals surface area contributed by atoms with Crippen molar-refractivity contribution in [3.05, 3.63) is 46.6 Å². The highest BCUT2D eigenvalue weighted by Crippen LogP contribution is 2.22. The summed E-state index contributed by atoms with van der Waals surface area (Å²) in [6, 6.07) is 3.37. The van der Waals surface area contributed by atoms with Gasteiger partial charge in [0.15, 0.2) is 5.82 Å². The van der Waals surface area contributed by atoms with Gasteiger partial charge >= 0.3 is 0 Å². The van der Waals surface area contributed by atoms with E-state index in [0.29, 0.717) is 12.2 Å². The number of hydroxylamine groups is 1. The minimum absolute atomic E-state index is 0.0423. The second-order valence-electron chi connectivity index (χ2n) is 4.81. The zero-order chi connectivity index (χ0) is 15.1. The Morgan fingerprint density at radius 1 is 1.50 bits per heavy atom. The van der Waals surface area contributed by atoms with Crippen molar-refractivity contribution in [2.45, 2.75) is 32.7 Å². The lowest BCUT2D eigenvalue weighted by atomic mass is 10.0. The van der Waals surface area contributed by atoms with Crippen LogP contribution in [-0.2, 0) is 0 Å². The molecule has 0 saturated heterocycles. The SMILES string of the molecule is C=C(C)C(CC/C(C)=C/CO)N(O)c1ccc(Br)cn1. The van der Waals surface area contributed by atoms with Crippen molar-refractivity contribution < 1.29 is 10.3 Å². The molecule has 20 heavy (non-hydrogen) atoms. The van der Waals surface area contributed by atoms with E-state index in [9.17, 15) is 5.21 Å². The number of anilines is 1. The molecule has 1 aromatic rings. The van der Waals surface area contributed by atoms with Gasteiger partial charge in [-0.2, -0.15) is 0 Å². The maximum atomic E-state index is 10.3. The molecule has 0 aliphatic carbocycles. The molecule has 0 saturated carbocycles. The molecule has 1 aromatic heterocycles. The normalized spacial score (nSPS) is 13.2. The molecule has 110 valence electrons. The second kappa shape index (κ2) is 8.19. The number of rotatable bonds is 7. The van der Waals surface area contributed by atoms with Crippen LogP contribution < -0.4 is 5.06 Å². The lowest BCUT2D eigenvalue weighted by Crippen LogP contribution is -2.33. The third-order valence-electron chi connectivity index (χ3n) is 3.06. The summed E-state index contributed by atoms with van der Waals surface area (Å²) < 4.78 is 0.864. The van der Waals surface area contributed by atoms with Crippen molar-refractivity contribution in [3.8, 4) is 0 Å². The standard InChI is InChI=1S/C15H21BrN2O2/c1-11(2)14(6-4-12(3)8-9-19)18(20)15-7-5-13(16)10-17-15/h5,7-8,10,14,19-20H,1,4,6,9H2,2-3H3/b12-8+. The Balaban J connectivity index is 2.77. The molecular formula is C15H21BrN2O2. The van der Waals surface area contributed by atoms with Gasteiger partial charge in [0.25, 0.3) is 0 Å². The van der Waals surface area contributed by atoms with Crippen LogP contribution in [0.4, 0.5) is 5.82 Å². The van der Waals surface area contributed by atoms with Gasteiger partial charge in [0.1, 0.15) is 0 Å². The van der Waals surface area contributed by atoms with Crippen molar-refractivity contribution in [3.63, 3.8) is 0 Å². The summed E-state index contributed by atoms with van der Waals surface area (Å²) >= 11 is 3.32. The van der Waals surface area contributed by atoms with Crippen LogP contribution in [-0.4, -0.2) is 27.9 Å². The van der Waals surface area contributed by atoms with Gasteiger partial charge in [-0.1, -0.05) is 23.8 Å². The van der Waals surface area contributed by atoms with E-state index in [2.05, 4.69) is 27.5 Å². The highest BCUT2D eigenvalue weighted by molar-refractivity contribution is 9.10. The molecule has 1 rings (SSSR count). The second-order valence-corrected chi connectivity index (χ2v) is 5.73. The average molecular weight is 341 g/mol. The molecule has 0 aliphatic heterocycles. The fourth-order valence-electron chi connectivity index (χ4n) is 1.86. The number of aliphatic hydroxyl groups is 1. The van der Waals surface area contributed by atoms with Crippen molar-refractivity contribution in [2.75, 3.05) is 11.7 Å². The van der Waals surface area contributed by atoms with Gasteiger partial charge < -0.3 is 5.11 Å². The van der Waals surface area contributed by atoms with Crippen molar-refractivity contribution in [1.29, 1.82) is 0 Å². The monoisotopic (exact) mass is 340 g/mol. The Bertz CT molecular complexity index is 471. The first-order valence-electron chi connectivity index (χ1n) is 6.47. The summed E-state index contributed by atoms with van der Waals surface area (Å²) in [7, 11) is 0. The molecule has 1 unspecified atom stereocenters. The van der Waals surface area contributed by atoms with Crippen LogP contribution in [0.5, 0.6) is 0 Å². The lowest BCUT2D eigenvalue weighted by Gasteiger charge is -2.27. The van der Waals surface area contributed by atoms with Crippen LogP contribution in [0.2, 0.25) is 0 Å². The number of hydrogen-bond acceptors (Lipinski definition) is 4. The number of nitrogens with zero attached hydrogens (tertiary/aromatic N) is 2. The molecule has 4 nitrogen and oxygen atoms in total. The smallest absolute Gasteiger partial charge is 0.152 e. The van der Waals surface area contributed by atoms with Gasteiger partial charge in [-0.15, -0.1) is 0 Å². The fraction of sp³-hybridized carbons (Fsp3) is 0.400. The first-order valence-corrected chi connectivity index (χ1v) is 7.26. The number of aliphatic hydroxyl groups excluding tert-OH is 1. The molecule has 5 heteroatoms. The zero-order valence-corrected chi connectivity index (χ0v) is 13.5. The van der Waals surface area contributed by atoms with Crippen molar-refractivity contribution in [2.24, 2.45) is 0 Å². The zero-order valence-electron chi connectivity index (χ0n) is 11.9. The molecular weight excluding hydrogens is 320 g/mol. The third-order valence-corrected chi connectivity index (χ3v) is 3.53. The molecule has 2 N–H and O–H groups in total. The molecule has 0 aliphatic rings. The fourth-order valence-corrected chi connectivity index (χ4v) is 2.10. The quantitative estimate of drug-likeness (QED) is 0.586. The summed E-state index contributed by atoms with van der Waals surface area (Å²) in [6.07, 6.45) is 4.91. The number of pyridine rings is 1. The third kappa shape index (κ3) is 5.07. The van der Waals surface area contributed by atoms with Gasteiger partial charge in [-0.05, 0) is 54.8 Å². The van der Waals surface area contributed by atoms with Crippen LogP contribution in [0.3, 0.4) is 0 Å². The van der Waals surface area contributed by atoms with Crippen LogP contribution in [0.25, 0.3) is 0 Å². The summed E-state index contributed by atoms with van der Waals surface area (Å²) in [6.45, 7) is 7.83. The van der Waals surface area contributed by atoms with Crippen LogP contribution >= 0.6 is 15.9 Å². The molecule has 0 spiro atoms. The van der Waals surface area contributed by atoms with Crippen LogP contribution in [0.15, 0.2) is 46.6 Å². The predicted octanol–water partition coefficient (Wildman–Crippen LogP) is 3.70. The Kier molecular flexibility index (Phi) is 6.91. The Labute approximate surface area is 128 Å². The van der Waals surface area contributed by atoms with Gasteiger partial charge in [0, 0.05) is 10.7 Å². The minimum atomic E-state index is -0.203. The minimum Gasteiger partial charge on any atom is -0.392 e. The van der Waals surface area contributed by atoms with E-state index in [1.165, 1.54) is 0 Å².